The third-order valence-corrected chi connectivity index (χ3v) is 5.75. The molecule has 0 radical (unpaired) electrons. The van der Waals surface area contributed by atoms with E-state index in [2.05, 4.69) is 15.5 Å². The average molecular weight is 467 g/mol. The van der Waals surface area contributed by atoms with E-state index in [0.717, 1.165) is 17.4 Å². The molecule has 4 aromatic rings. The van der Waals surface area contributed by atoms with Gasteiger partial charge in [-0.3, -0.25) is 9.36 Å². The Hall–Kier alpha value is -3.56. The molecule has 0 aliphatic rings. The van der Waals surface area contributed by atoms with Crippen molar-refractivity contribution < 1.29 is 18.7 Å². The number of thioether (sulfide) groups is 1. The van der Waals surface area contributed by atoms with Crippen LogP contribution in [0.15, 0.2) is 84.0 Å². The van der Waals surface area contributed by atoms with Gasteiger partial charge in [0.05, 0.1) is 17.4 Å². The number of carbonyl (C=O) groups is 1. The highest BCUT2D eigenvalue weighted by Crippen LogP contribution is 2.29. The number of carbonyl (C=O) groups excluding carboxylic acids is 1. The Morgan fingerprint density at radius 2 is 1.76 bits per heavy atom. The minimum absolute atomic E-state index is 0.00188. The number of nitrogens with zero attached hydrogens (tertiary/aromatic N) is 3. The standard InChI is InChI=1S/C24H20F2N4O2S/c25-17-8-6-7-16(13-17)21(31)14-27-22(32)15-33-24-29-28-23(19-11-4-5-12-20(19)26)30(24)18-9-2-1-3-10-18/h1-13,21,31H,14-15H2,(H,27,32). The van der Waals surface area contributed by atoms with Crippen molar-refractivity contribution in [1.29, 1.82) is 0 Å². The molecule has 0 spiro atoms. The SMILES string of the molecule is O=C(CSc1nnc(-c2ccccc2F)n1-c1ccccc1)NCC(O)c1cccc(F)c1. The molecule has 1 amide bonds. The van der Waals surface area contributed by atoms with Crippen LogP contribution in [0.2, 0.25) is 0 Å². The predicted octanol–water partition coefficient (Wildman–Crippen LogP) is 4.15. The van der Waals surface area contributed by atoms with Gasteiger partial charge in [0, 0.05) is 12.2 Å². The number of amides is 1. The van der Waals surface area contributed by atoms with Crippen molar-refractivity contribution in [1.82, 2.24) is 20.1 Å². The van der Waals surface area contributed by atoms with Crippen LogP contribution < -0.4 is 5.32 Å². The second-order valence-corrected chi connectivity index (χ2v) is 8.06. The van der Waals surface area contributed by atoms with Gasteiger partial charge in [-0.15, -0.1) is 10.2 Å². The first-order valence-electron chi connectivity index (χ1n) is 10.1. The number of rotatable bonds is 8. The highest BCUT2D eigenvalue weighted by atomic mass is 32.2. The summed E-state index contributed by atoms with van der Waals surface area (Å²) in [6, 6.07) is 21.1. The summed E-state index contributed by atoms with van der Waals surface area (Å²) >= 11 is 1.13. The summed E-state index contributed by atoms with van der Waals surface area (Å²) in [5.74, 6) is -0.908. The Kier molecular flexibility index (Phi) is 7.11. The molecule has 3 aromatic carbocycles. The molecule has 1 heterocycles. The van der Waals surface area contributed by atoms with Gasteiger partial charge in [0.1, 0.15) is 11.6 Å². The van der Waals surface area contributed by atoms with E-state index >= 15 is 0 Å². The van der Waals surface area contributed by atoms with Gasteiger partial charge in [-0.2, -0.15) is 0 Å². The molecule has 1 aromatic heterocycles. The van der Waals surface area contributed by atoms with Crippen LogP contribution in [0, 0.1) is 11.6 Å². The third kappa shape index (κ3) is 5.44. The van der Waals surface area contributed by atoms with Gasteiger partial charge in [0.25, 0.3) is 0 Å². The Bertz CT molecular complexity index is 1250. The largest absolute Gasteiger partial charge is 0.387 e. The average Bonchev–Trinajstić information content (AvgIpc) is 3.25. The predicted molar refractivity (Wildman–Crippen MR) is 122 cm³/mol. The molecule has 0 saturated carbocycles. The molecule has 6 nitrogen and oxygen atoms in total. The first-order valence-corrected chi connectivity index (χ1v) is 11.1. The van der Waals surface area contributed by atoms with Crippen LogP contribution in [-0.4, -0.2) is 38.1 Å². The summed E-state index contributed by atoms with van der Waals surface area (Å²) in [7, 11) is 0. The molecular weight excluding hydrogens is 446 g/mol. The van der Waals surface area contributed by atoms with Gasteiger partial charge in [0.2, 0.25) is 5.91 Å². The number of para-hydroxylation sites is 1. The van der Waals surface area contributed by atoms with Crippen LogP contribution >= 0.6 is 11.8 Å². The second kappa shape index (κ2) is 10.4. The number of halogens is 2. The highest BCUT2D eigenvalue weighted by Gasteiger charge is 2.19. The maximum absolute atomic E-state index is 14.4. The van der Waals surface area contributed by atoms with E-state index in [1.807, 2.05) is 30.3 Å². The van der Waals surface area contributed by atoms with Crippen LogP contribution in [-0.2, 0) is 4.79 Å². The molecule has 1 unspecified atom stereocenters. The highest BCUT2D eigenvalue weighted by molar-refractivity contribution is 7.99. The van der Waals surface area contributed by atoms with Crippen molar-refractivity contribution in [2.75, 3.05) is 12.3 Å². The third-order valence-electron chi connectivity index (χ3n) is 4.82. The first kappa shape index (κ1) is 22.6. The number of nitrogens with one attached hydrogen (secondary N) is 1. The van der Waals surface area contributed by atoms with Gasteiger partial charge in [-0.05, 0) is 42.0 Å². The number of aromatic nitrogens is 3. The maximum atomic E-state index is 14.4. The Balaban J connectivity index is 1.48. The molecule has 0 aliphatic carbocycles. The molecule has 0 fully saturated rings. The Labute approximate surface area is 193 Å². The number of benzene rings is 3. The van der Waals surface area contributed by atoms with Crippen LogP contribution in [0.25, 0.3) is 17.1 Å². The molecule has 2 N–H and O–H groups in total. The maximum Gasteiger partial charge on any atom is 0.230 e. The van der Waals surface area contributed by atoms with E-state index in [4.69, 9.17) is 0 Å². The van der Waals surface area contributed by atoms with Crippen molar-refractivity contribution in [3.63, 3.8) is 0 Å². The lowest BCUT2D eigenvalue weighted by atomic mass is 10.1. The number of hydrogen-bond donors (Lipinski definition) is 2. The van der Waals surface area contributed by atoms with Gasteiger partial charge in [-0.1, -0.05) is 54.2 Å². The lowest BCUT2D eigenvalue weighted by molar-refractivity contribution is -0.119. The summed E-state index contributed by atoms with van der Waals surface area (Å²) in [6.45, 7) is -0.0608. The molecule has 0 bridgehead atoms. The molecular formula is C24H20F2N4O2S. The molecule has 33 heavy (non-hydrogen) atoms. The van der Waals surface area contributed by atoms with E-state index in [1.165, 1.54) is 24.3 Å². The van der Waals surface area contributed by atoms with Gasteiger partial charge in [0.15, 0.2) is 11.0 Å². The zero-order chi connectivity index (χ0) is 23.2. The van der Waals surface area contributed by atoms with Crippen molar-refractivity contribution in [2.24, 2.45) is 0 Å². The lowest BCUT2D eigenvalue weighted by Crippen LogP contribution is -2.29. The molecule has 9 heteroatoms. The Morgan fingerprint density at radius 3 is 2.52 bits per heavy atom. The van der Waals surface area contributed by atoms with Gasteiger partial charge in [-0.25, -0.2) is 8.78 Å². The molecule has 1 atom stereocenters. The topological polar surface area (TPSA) is 80.0 Å². The summed E-state index contributed by atoms with van der Waals surface area (Å²) in [5, 5.41) is 21.6. The number of aliphatic hydroxyl groups is 1. The van der Waals surface area contributed by atoms with Crippen molar-refractivity contribution in [2.45, 2.75) is 11.3 Å². The quantitative estimate of drug-likeness (QED) is 0.382. The smallest absolute Gasteiger partial charge is 0.230 e. The van der Waals surface area contributed by atoms with Crippen LogP contribution in [0.5, 0.6) is 0 Å². The first-order chi connectivity index (χ1) is 16.0. The normalized spacial score (nSPS) is 11.8. The van der Waals surface area contributed by atoms with Gasteiger partial charge < -0.3 is 10.4 Å². The lowest BCUT2D eigenvalue weighted by Gasteiger charge is -2.13. The second-order valence-electron chi connectivity index (χ2n) is 7.12. The number of aliphatic hydroxyl groups excluding tert-OH is 1. The molecule has 4 rings (SSSR count). The zero-order valence-electron chi connectivity index (χ0n) is 17.4. The minimum atomic E-state index is -1.03. The van der Waals surface area contributed by atoms with Crippen molar-refractivity contribution >= 4 is 17.7 Å². The van der Waals surface area contributed by atoms with E-state index in [0.29, 0.717) is 22.1 Å². The zero-order valence-corrected chi connectivity index (χ0v) is 18.2. The van der Waals surface area contributed by atoms with Crippen LogP contribution in [0.3, 0.4) is 0 Å². The summed E-state index contributed by atoms with van der Waals surface area (Å²) in [5.41, 5.74) is 1.40. The Morgan fingerprint density at radius 1 is 1.00 bits per heavy atom. The van der Waals surface area contributed by atoms with E-state index in [-0.39, 0.29) is 18.2 Å². The molecule has 0 aliphatic heterocycles. The fourth-order valence-electron chi connectivity index (χ4n) is 3.21. The van der Waals surface area contributed by atoms with E-state index in [1.54, 1.807) is 28.8 Å². The summed E-state index contributed by atoms with van der Waals surface area (Å²) in [4.78, 5) is 12.4. The van der Waals surface area contributed by atoms with Crippen LogP contribution in [0.4, 0.5) is 8.78 Å². The van der Waals surface area contributed by atoms with E-state index < -0.39 is 17.7 Å². The summed E-state index contributed by atoms with van der Waals surface area (Å²) < 4.78 is 29.5. The van der Waals surface area contributed by atoms with Gasteiger partial charge >= 0.3 is 0 Å². The fraction of sp³-hybridized carbons (Fsp3) is 0.125. The monoisotopic (exact) mass is 466 g/mol. The summed E-state index contributed by atoms with van der Waals surface area (Å²) in [6.07, 6.45) is -1.03. The molecule has 168 valence electrons. The molecule has 0 saturated heterocycles. The van der Waals surface area contributed by atoms with Crippen molar-refractivity contribution in [3.8, 4) is 17.1 Å². The fourth-order valence-corrected chi connectivity index (χ4v) is 4.00. The minimum Gasteiger partial charge on any atom is -0.387 e. The van der Waals surface area contributed by atoms with Crippen molar-refractivity contribution in [3.05, 3.63) is 96.1 Å². The van der Waals surface area contributed by atoms with Crippen LogP contribution in [0.1, 0.15) is 11.7 Å². The van der Waals surface area contributed by atoms with E-state index in [9.17, 15) is 18.7 Å². The number of hydrogen-bond acceptors (Lipinski definition) is 5.